The Morgan fingerprint density at radius 1 is 1.21 bits per heavy atom. The number of benzene rings is 1. The van der Waals surface area contributed by atoms with Crippen LogP contribution in [0.1, 0.15) is 19.8 Å². The van der Waals surface area contributed by atoms with E-state index in [-0.39, 0.29) is 0 Å². The molecule has 1 fully saturated rings. The molecule has 0 spiro atoms. The third-order valence-electron chi connectivity index (χ3n) is 3.43. The highest BCUT2D eigenvalue weighted by Crippen LogP contribution is 2.15. The number of hydrogen-bond donors (Lipinski definition) is 1. The van der Waals surface area contributed by atoms with Crippen molar-refractivity contribution in [1.29, 1.82) is 0 Å². The molecule has 4 nitrogen and oxygen atoms in total. The van der Waals surface area contributed by atoms with Gasteiger partial charge >= 0.3 is 0 Å². The van der Waals surface area contributed by atoms with Crippen molar-refractivity contribution in [3.05, 3.63) is 24.3 Å². The maximum atomic E-state index is 11.4. The Hall–Kier alpha value is -1.07. The second-order valence-electron chi connectivity index (χ2n) is 5.35. The Balaban J connectivity index is 1.91. The molecule has 1 unspecified atom stereocenters. The summed E-state index contributed by atoms with van der Waals surface area (Å²) in [5, 5.41) is 3.41. The molecule has 1 atom stereocenters. The SMILES string of the molecule is CC(CN1CCCC1)Nc1ccc(S(C)(=O)=O)cc1. The summed E-state index contributed by atoms with van der Waals surface area (Å²) < 4.78 is 22.7. The highest BCUT2D eigenvalue weighted by molar-refractivity contribution is 7.90. The third-order valence-corrected chi connectivity index (χ3v) is 4.55. The van der Waals surface area contributed by atoms with Gasteiger partial charge in [-0.25, -0.2) is 8.42 Å². The van der Waals surface area contributed by atoms with Crippen molar-refractivity contribution in [1.82, 2.24) is 4.90 Å². The highest BCUT2D eigenvalue weighted by Gasteiger charge is 2.14. The number of rotatable bonds is 5. The van der Waals surface area contributed by atoms with Crippen molar-refractivity contribution in [2.75, 3.05) is 31.2 Å². The first-order valence-electron chi connectivity index (χ1n) is 6.74. The Bertz CT molecular complexity index is 505. The fourth-order valence-electron chi connectivity index (χ4n) is 2.48. The average Bonchev–Trinajstić information content (AvgIpc) is 2.81. The first-order valence-corrected chi connectivity index (χ1v) is 8.63. The lowest BCUT2D eigenvalue weighted by atomic mass is 10.2. The zero-order valence-electron chi connectivity index (χ0n) is 11.6. The molecule has 1 N–H and O–H groups in total. The van der Waals surface area contributed by atoms with Crippen molar-refractivity contribution >= 4 is 15.5 Å². The number of nitrogens with one attached hydrogen (secondary N) is 1. The quantitative estimate of drug-likeness (QED) is 0.897. The van der Waals surface area contributed by atoms with Gasteiger partial charge in [0, 0.05) is 24.5 Å². The molecule has 0 radical (unpaired) electrons. The maximum absolute atomic E-state index is 11.4. The molecular formula is C14H22N2O2S. The van der Waals surface area contributed by atoms with Gasteiger partial charge in [-0.05, 0) is 57.1 Å². The largest absolute Gasteiger partial charge is 0.381 e. The minimum atomic E-state index is -3.10. The minimum absolute atomic E-state index is 0.363. The van der Waals surface area contributed by atoms with Crippen LogP contribution in [0.15, 0.2) is 29.2 Å². The Kier molecular flexibility index (Phi) is 4.47. The van der Waals surface area contributed by atoms with Gasteiger partial charge in [-0.3, -0.25) is 0 Å². The van der Waals surface area contributed by atoms with Crippen LogP contribution in [0.2, 0.25) is 0 Å². The van der Waals surface area contributed by atoms with E-state index in [0.29, 0.717) is 10.9 Å². The molecule has 5 heteroatoms. The molecule has 1 aromatic carbocycles. The van der Waals surface area contributed by atoms with Crippen LogP contribution in [0.25, 0.3) is 0 Å². The van der Waals surface area contributed by atoms with Crippen molar-refractivity contribution in [2.45, 2.75) is 30.7 Å². The lowest BCUT2D eigenvalue weighted by Gasteiger charge is -2.22. The Labute approximate surface area is 115 Å². The molecule has 2 rings (SSSR count). The van der Waals surface area contributed by atoms with E-state index >= 15 is 0 Å². The second kappa shape index (κ2) is 5.92. The summed E-state index contributed by atoms with van der Waals surface area (Å²) in [6.45, 7) is 5.58. The average molecular weight is 282 g/mol. The topological polar surface area (TPSA) is 49.4 Å². The van der Waals surface area contributed by atoms with E-state index in [1.54, 1.807) is 12.1 Å². The van der Waals surface area contributed by atoms with E-state index < -0.39 is 9.84 Å². The van der Waals surface area contributed by atoms with E-state index in [0.717, 1.165) is 12.2 Å². The van der Waals surface area contributed by atoms with Gasteiger partial charge in [0.2, 0.25) is 0 Å². The number of hydrogen-bond acceptors (Lipinski definition) is 4. The molecule has 1 saturated heterocycles. The summed E-state index contributed by atoms with van der Waals surface area (Å²) in [6, 6.07) is 7.33. The Morgan fingerprint density at radius 3 is 2.32 bits per heavy atom. The van der Waals surface area contributed by atoms with Crippen LogP contribution in [0.4, 0.5) is 5.69 Å². The number of nitrogens with zero attached hydrogens (tertiary/aromatic N) is 1. The van der Waals surface area contributed by atoms with Gasteiger partial charge in [-0.1, -0.05) is 0 Å². The molecule has 0 aliphatic carbocycles. The van der Waals surface area contributed by atoms with E-state index in [4.69, 9.17) is 0 Å². The van der Waals surface area contributed by atoms with E-state index in [1.807, 2.05) is 12.1 Å². The molecule has 1 aliphatic rings. The normalized spacial score (nSPS) is 18.4. The molecule has 0 bridgehead atoms. The second-order valence-corrected chi connectivity index (χ2v) is 7.37. The van der Waals surface area contributed by atoms with Gasteiger partial charge < -0.3 is 10.2 Å². The first-order chi connectivity index (χ1) is 8.95. The van der Waals surface area contributed by atoms with Crippen LogP contribution in [0.3, 0.4) is 0 Å². The molecule has 0 saturated carbocycles. The monoisotopic (exact) mass is 282 g/mol. The maximum Gasteiger partial charge on any atom is 0.175 e. The lowest BCUT2D eigenvalue weighted by Crippen LogP contribution is -2.32. The van der Waals surface area contributed by atoms with E-state index in [9.17, 15) is 8.42 Å². The fraction of sp³-hybridized carbons (Fsp3) is 0.571. The minimum Gasteiger partial charge on any atom is -0.381 e. The van der Waals surface area contributed by atoms with Crippen molar-refractivity contribution in [3.8, 4) is 0 Å². The molecule has 1 heterocycles. The summed E-state index contributed by atoms with van der Waals surface area (Å²) in [7, 11) is -3.10. The van der Waals surface area contributed by atoms with Gasteiger partial charge in [-0.2, -0.15) is 0 Å². The number of anilines is 1. The predicted octanol–water partition coefficient (Wildman–Crippen LogP) is 1.99. The van der Waals surface area contributed by atoms with E-state index in [1.165, 1.54) is 32.2 Å². The van der Waals surface area contributed by atoms with E-state index in [2.05, 4.69) is 17.1 Å². The van der Waals surface area contributed by atoms with Crippen molar-refractivity contribution in [2.24, 2.45) is 0 Å². The van der Waals surface area contributed by atoms with Crippen LogP contribution in [0, 0.1) is 0 Å². The molecular weight excluding hydrogens is 260 g/mol. The number of likely N-dealkylation sites (tertiary alicyclic amines) is 1. The summed E-state index contributed by atoms with van der Waals surface area (Å²) in [5.74, 6) is 0. The highest BCUT2D eigenvalue weighted by atomic mass is 32.2. The molecule has 106 valence electrons. The van der Waals surface area contributed by atoms with Crippen LogP contribution < -0.4 is 5.32 Å². The molecule has 1 aromatic rings. The standard InChI is InChI=1S/C14H22N2O2S/c1-12(11-16-9-3-4-10-16)15-13-5-7-14(8-6-13)19(2,17)18/h5-8,12,15H,3-4,9-11H2,1-2H3. The van der Waals surface area contributed by atoms with Crippen LogP contribution >= 0.6 is 0 Å². The fourth-order valence-corrected chi connectivity index (χ4v) is 3.11. The van der Waals surface area contributed by atoms with Crippen molar-refractivity contribution in [3.63, 3.8) is 0 Å². The van der Waals surface area contributed by atoms with Gasteiger partial charge in [0.1, 0.15) is 0 Å². The summed E-state index contributed by atoms with van der Waals surface area (Å²) >= 11 is 0. The molecule has 0 aromatic heterocycles. The molecule has 19 heavy (non-hydrogen) atoms. The van der Waals surface area contributed by atoms with Crippen LogP contribution in [-0.2, 0) is 9.84 Å². The van der Waals surface area contributed by atoms with Crippen molar-refractivity contribution < 1.29 is 8.42 Å². The first kappa shape index (κ1) is 14.3. The third kappa shape index (κ3) is 4.21. The van der Waals surface area contributed by atoms with Crippen LogP contribution in [-0.4, -0.2) is 45.2 Å². The molecule has 0 amide bonds. The van der Waals surface area contributed by atoms with Gasteiger partial charge in [-0.15, -0.1) is 0 Å². The Morgan fingerprint density at radius 2 is 1.79 bits per heavy atom. The summed E-state index contributed by atoms with van der Waals surface area (Å²) in [6.07, 6.45) is 3.83. The van der Waals surface area contributed by atoms with Crippen LogP contribution in [0.5, 0.6) is 0 Å². The van der Waals surface area contributed by atoms with Gasteiger partial charge in [0.05, 0.1) is 4.90 Å². The zero-order chi connectivity index (χ0) is 13.9. The molecule has 1 aliphatic heterocycles. The summed E-state index contributed by atoms with van der Waals surface area (Å²) in [5.41, 5.74) is 0.971. The van der Waals surface area contributed by atoms with Gasteiger partial charge in [0.25, 0.3) is 0 Å². The smallest absolute Gasteiger partial charge is 0.175 e. The number of sulfone groups is 1. The predicted molar refractivity (Wildman–Crippen MR) is 78.3 cm³/mol. The lowest BCUT2D eigenvalue weighted by molar-refractivity contribution is 0.328. The van der Waals surface area contributed by atoms with Gasteiger partial charge in [0.15, 0.2) is 9.84 Å². The zero-order valence-corrected chi connectivity index (χ0v) is 12.4. The summed E-state index contributed by atoms with van der Waals surface area (Å²) in [4.78, 5) is 2.83.